The number of fused-ring (bicyclic) bond motifs is 1. The minimum atomic E-state index is 0.102. The molecule has 2 heterocycles. The van der Waals surface area contributed by atoms with Gasteiger partial charge < -0.3 is 9.64 Å². The van der Waals surface area contributed by atoms with Crippen molar-refractivity contribution in [1.82, 2.24) is 14.8 Å². The number of carbonyl (C=O) groups excluding carboxylic acids is 1. The van der Waals surface area contributed by atoms with Crippen LogP contribution >= 0.6 is 0 Å². The summed E-state index contributed by atoms with van der Waals surface area (Å²) in [5.74, 6) is 0.978. The van der Waals surface area contributed by atoms with E-state index in [2.05, 4.69) is 22.0 Å². The number of nitrogens with zero attached hydrogens (tertiary/aromatic N) is 3. The highest BCUT2D eigenvalue weighted by molar-refractivity contribution is 6.06. The van der Waals surface area contributed by atoms with Crippen LogP contribution in [0.2, 0.25) is 0 Å². The molecule has 0 radical (unpaired) electrons. The first-order chi connectivity index (χ1) is 13.7. The van der Waals surface area contributed by atoms with E-state index < -0.39 is 0 Å². The van der Waals surface area contributed by atoms with Crippen molar-refractivity contribution >= 4 is 16.8 Å². The number of hydrogen-bond donors (Lipinski definition) is 0. The molecule has 0 unspecified atom stereocenters. The monoisotopic (exact) mass is 375 g/mol. The number of aromatic nitrogens is 1. The molecule has 2 aromatic carbocycles. The number of carbonyl (C=O) groups is 1. The lowest BCUT2D eigenvalue weighted by atomic mass is 10.1. The molecule has 1 saturated heterocycles. The van der Waals surface area contributed by atoms with Crippen LogP contribution in [0.1, 0.15) is 22.3 Å². The predicted octanol–water partition coefficient (Wildman–Crippen LogP) is 3.59. The highest BCUT2D eigenvalue weighted by atomic mass is 16.5. The fourth-order valence-electron chi connectivity index (χ4n) is 3.78. The van der Waals surface area contributed by atoms with E-state index in [1.54, 1.807) is 13.3 Å². The third kappa shape index (κ3) is 3.99. The molecular formula is C23H25N3O2. The van der Waals surface area contributed by atoms with Gasteiger partial charge in [0.1, 0.15) is 5.75 Å². The zero-order valence-electron chi connectivity index (χ0n) is 16.2. The van der Waals surface area contributed by atoms with E-state index in [0.717, 1.165) is 61.4 Å². The Morgan fingerprint density at radius 2 is 1.86 bits per heavy atom. The Hall–Kier alpha value is -2.92. The molecule has 1 aliphatic heterocycles. The fraction of sp³-hybridized carbons (Fsp3) is 0.304. The molecule has 1 amide bonds. The molecule has 5 nitrogen and oxygen atoms in total. The molecule has 0 atom stereocenters. The van der Waals surface area contributed by atoms with Crippen LogP contribution in [-0.2, 0) is 6.54 Å². The molecule has 0 N–H and O–H groups in total. The van der Waals surface area contributed by atoms with Crippen molar-refractivity contribution in [2.24, 2.45) is 0 Å². The van der Waals surface area contributed by atoms with Crippen molar-refractivity contribution in [3.05, 3.63) is 71.9 Å². The highest BCUT2D eigenvalue weighted by Gasteiger charge is 2.21. The maximum absolute atomic E-state index is 13.2. The zero-order valence-corrected chi connectivity index (χ0v) is 16.2. The van der Waals surface area contributed by atoms with Gasteiger partial charge in [0.15, 0.2) is 0 Å². The Morgan fingerprint density at radius 3 is 2.68 bits per heavy atom. The van der Waals surface area contributed by atoms with E-state index in [9.17, 15) is 4.79 Å². The normalized spacial score (nSPS) is 15.4. The minimum absolute atomic E-state index is 0.102. The van der Waals surface area contributed by atoms with Gasteiger partial charge in [-0.3, -0.25) is 14.7 Å². The standard InChI is InChI=1S/C23H25N3O2/c1-28-19-10-8-18(9-11-19)17-25-13-4-14-26(16-15-25)23(27)21-5-2-7-22-20(21)6-3-12-24-22/h2-3,5-12H,4,13-17H2,1H3. The summed E-state index contributed by atoms with van der Waals surface area (Å²) in [6, 6.07) is 17.8. The predicted molar refractivity (Wildman–Crippen MR) is 111 cm³/mol. The van der Waals surface area contributed by atoms with Crippen LogP contribution in [0.4, 0.5) is 0 Å². The van der Waals surface area contributed by atoms with Crippen molar-refractivity contribution in [3.8, 4) is 5.75 Å². The number of pyridine rings is 1. The van der Waals surface area contributed by atoms with Crippen LogP contribution in [0.25, 0.3) is 10.9 Å². The topological polar surface area (TPSA) is 45.7 Å². The number of rotatable bonds is 4. The van der Waals surface area contributed by atoms with Crippen molar-refractivity contribution in [1.29, 1.82) is 0 Å². The molecule has 0 spiro atoms. The first kappa shape index (κ1) is 18.4. The van der Waals surface area contributed by atoms with Gasteiger partial charge in [-0.1, -0.05) is 24.3 Å². The second kappa shape index (κ2) is 8.40. The number of ether oxygens (including phenoxy) is 1. The summed E-state index contributed by atoms with van der Waals surface area (Å²) >= 11 is 0. The molecule has 0 saturated carbocycles. The van der Waals surface area contributed by atoms with E-state index >= 15 is 0 Å². The SMILES string of the molecule is COc1ccc(CN2CCCN(C(=O)c3cccc4ncccc34)CC2)cc1. The van der Waals surface area contributed by atoms with Crippen molar-refractivity contribution < 1.29 is 9.53 Å². The second-order valence-corrected chi connectivity index (χ2v) is 7.15. The molecule has 1 aromatic heterocycles. The van der Waals surface area contributed by atoms with Crippen LogP contribution in [0.3, 0.4) is 0 Å². The molecule has 1 aliphatic rings. The lowest BCUT2D eigenvalue weighted by molar-refractivity contribution is 0.0763. The van der Waals surface area contributed by atoms with Gasteiger partial charge in [-0.15, -0.1) is 0 Å². The van der Waals surface area contributed by atoms with Crippen LogP contribution in [0.15, 0.2) is 60.8 Å². The average Bonchev–Trinajstić information content (AvgIpc) is 2.99. The zero-order chi connectivity index (χ0) is 19.3. The number of methoxy groups -OCH3 is 1. The van der Waals surface area contributed by atoms with Gasteiger partial charge in [-0.05, 0) is 42.3 Å². The van der Waals surface area contributed by atoms with Crippen LogP contribution in [0.5, 0.6) is 5.75 Å². The largest absolute Gasteiger partial charge is 0.497 e. The van der Waals surface area contributed by atoms with Gasteiger partial charge in [0.2, 0.25) is 0 Å². The van der Waals surface area contributed by atoms with Gasteiger partial charge in [0.05, 0.1) is 12.6 Å². The van der Waals surface area contributed by atoms with E-state index in [0.29, 0.717) is 0 Å². The summed E-state index contributed by atoms with van der Waals surface area (Å²) in [7, 11) is 1.68. The van der Waals surface area contributed by atoms with Crippen LogP contribution in [0, 0.1) is 0 Å². The summed E-state index contributed by atoms with van der Waals surface area (Å²) in [6.45, 7) is 4.29. The van der Waals surface area contributed by atoms with E-state index in [1.807, 2.05) is 47.4 Å². The number of benzene rings is 2. The van der Waals surface area contributed by atoms with Crippen molar-refractivity contribution in [2.45, 2.75) is 13.0 Å². The molecule has 1 fully saturated rings. The van der Waals surface area contributed by atoms with E-state index in [4.69, 9.17) is 4.74 Å². The molecule has 0 aliphatic carbocycles. The summed E-state index contributed by atoms with van der Waals surface area (Å²) in [5, 5.41) is 0.925. The lowest BCUT2D eigenvalue weighted by Crippen LogP contribution is -2.35. The van der Waals surface area contributed by atoms with Gasteiger partial charge in [-0.25, -0.2) is 0 Å². The van der Waals surface area contributed by atoms with Gasteiger partial charge in [0.25, 0.3) is 5.91 Å². The average molecular weight is 375 g/mol. The Labute approximate surface area is 165 Å². The maximum atomic E-state index is 13.2. The highest BCUT2D eigenvalue weighted by Crippen LogP contribution is 2.20. The van der Waals surface area contributed by atoms with Crippen molar-refractivity contribution in [3.63, 3.8) is 0 Å². The van der Waals surface area contributed by atoms with Gasteiger partial charge in [0, 0.05) is 49.9 Å². The Kier molecular flexibility index (Phi) is 5.53. The first-order valence-electron chi connectivity index (χ1n) is 9.73. The molecule has 144 valence electrons. The van der Waals surface area contributed by atoms with Gasteiger partial charge in [-0.2, -0.15) is 0 Å². The Morgan fingerprint density at radius 1 is 1.00 bits per heavy atom. The van der Waals surface area contributed by atoms with Crippen molar-refractivity contribution in [2.75, 3.05) is 33.3 Å². The second-order valence-electron chi connectivity index (χ2n) is 7.15. The smallest absolute Gasteiger partial charge is 0.254 e. The number of hydrogen-bond acceptors (Lipinski definition) is 4. The third-order valence-corrected chi connectivity index (χ3v) is 5.32. The van der Waals surface area contributed by atoms with Crippen LogP contribution in [-0.4, -0.2) is 54.0 Å². The number of amides is 1. The molecular weight excluding hydrogens is 350 g/mol. The maximum Gasteiger partial charge on any atom is 0.254 e. The van der Waals surface area contributed by atoms with Crippen LogP contribution < -0.4 is 4.74 Å². The Bertz CT molecular complexity index is 950. The lowest BCUT2D eigenvalue weighted by Gasteiger charge is -2.22. The van der Waals surface area contributed by atoms with E-state index in [1.165, 1.54) is 5.56 Å². The first-order valence-corrected chi connectivity index (χ1v) is 9.73. The summed E-state index contributed by atoms with van der Waals surface area (Å²) < 4.78 is 5.23. The molecule has 5 heteroatoms. The Balaban J connectivity index is 1.43. The summed E-state index contributed by atoms with van der Waals surface area (Å²) in [4.78, 5) is 21.9. The molecule has 28 heavy (non-hydrogen) atoms. The quantitative estimate of drug-likeness (QED) is 0.699. The van der Waals surface area contributed by atoms with Gasteiger partial charge >= 0.3 is 0 Å². The molecule has 0 bridgehead atoms. The fourth-order valence-corrected chi connectivity index (χ4v) is 3.78. The van der Waals surface area contributed by atoms with E-state index in [-0.39, 0.29) is 5.91 Å². The minimum Gasteiger partial charge on any atom is -0.497 e. The molecule has 4 rings (SSSR count). The molecule has 3 aromatic rings. The summed E-state index contributed by atoms with van der Waals surface area (Å²) in [5.41, 5.74) is 2.87. The third-order valence-electron chi connectivity index (χ3n) is 5.32. The summed E-state index contributed by atoms with van der Waals surface area (Å²) in [6.07, 6.45) is 2.74.